The summed E-state index contributed by atoms with van der Waals surface area (Å²) in [5, 5.41) is 6.02. The van der Waals surface area contributed by atoms with Gasteiger partial charge in [-0.1, -0.05) is 67.4 Å². The molecule has 1 aliphatic carbocycles. The number of nitrogens with one attached hydrogen (secondary N) is 3. The Morgan fingerprint density at radius 3 is 2.21 bits per heavy atom. The zero-order chi connectivity index (χ0) is 61.6. The van der Waals surface area contributed by atoms with Crippen LogP contribution in [0, 0.1) is 11.2 Å². The van der Waals surface area contributed by atoms with Gasteiger partial charge in [0.15, 0.2) is 0 Å². The molecule has 3 unspecified atom stereocenters. The third-order valence-electron chi connectivity index (χ3n) is 17.9. The molecule has 5 aromatic carbocycles. The monoisotopic (exact) mass is 1270 g/mol. The second-order valence-corrected chi connectivity index (χ2v) is 29.4. The van der Waals surface area contributed by atoms with Crippen LogP contribution in [-0.4, -0.2) is 148 Å². The van der Waals surface area contributed by atoms with Gasteiger partial charge in [0.25, 0.3) is 31.7 Å². The molecule has 5 heterocycles. The van der Waals surface area contributed by atoms with Crippen LogP contribution in [0.25, 0.3) is 5.57 Å². The molecule has 2 bridgehead atoms. The van der Waals surface area contributed by atoms with E-state index in [1.807, 2.05) is 47.2 Å². The number of nitrogens with zero attached hydrogens (tertiary/aromatic N) is 5. The Morgan fingerprint density at radius 2 is 1.53 bits per heavy atom. The molecule has 24 heteroatoms. The third kappa shape index (κ3) is 13.8. The minimum absolute atomic E-state index is 0.0345. The smallest absolute Gasteiger partial charge is 0.380 e. The summed E-state index contributed by atoms with van der Waals surface area (Å²) in [6.45, 7) is 10.2. The lowest BCUT2D eigenvalue weighted by Crippen LogP contribution is -2.54. The number of rotatable bonds is 19. The van der Waals surface area contributed by atoms with Crippen LogP contribution in [0.5, 0.6) is 0 Å². The summed E-state index contributed by atoms with van der Waals surface area (Å²) >= 11 is 7.63. The molecule has 3 N–H and O–H groups in total. The highest BCUT2D eigenvalue weighted by Crippen LogP contribution is 2.44. The largest absolute Gasteiger partial charge is 0.501 e. The number of hydrogen-bond donors (Lipinski definition) is 3. The topological polar surface area (TPSA) is 189 Å². The Bertz CT molecular complexity index is 3710. The number of hydrogen-bond acceptors (Lipinski definition) is 14. The first-order chi connectivity index (χ1) is 41.4. The van der Waals surface area contributed by atoms with E-state index in [1.165, 1.54) is 45.5 Å². The number of sulfonamides is 1. The molecule has 0 spiro atoms. The summed E-state index contributed by atoms with van der Waals surface area (Å²) in [5.74, 6) is -2.77. The molecule has 87 heavy (non-hydrogen) atoms. The number of amides is 4. The number of alkyl halides is 3. The zero-order valence-electron chi connectivity index (χ0n) is 48.3. The number of allylic oxidation sites excluding steroid dienone is 1. The summed E-state index contributed by atoms with van der Waals surface area (Å²) in [4.78, 5) is 60.4. The lowest BCUT2D eigenvalue weighted by Gasteiger charge is -2.41. The number of fused-ring (bicyclic) bond motifs is 3. The van der Waals surface area contributed by atoms with Crippen molar-refractivity contribution in [1.29, 1.82) is 0 Å². The number of benzene rings is 5. The van der Waals surface area contributed by atoms with Crippen LogP contribution in [0.2, 0.25) is 5.02 Å². The molecule has 5 aromatic rings. The number of imide groups is 1. The van der Waals surface area contributed by atoms with Crippen molar-refractivity contribution in [2.75, 3.05) is 68.3 Å². The normalized spacial score (nSPS) is 21.7. The summed E-state index contributed by atoms with van der Waals surface area (Å²) in [7, 11) is -11.1. The molecule has 6 aliphatic rings. The predicted molar refractivity (Wildman–Crippen MR) is 326 cm³/mol. The lowest BCUT2D eigenvalue weighted by molar-refractivity contribution is -0.136. The van der Waals surface area contributed by atoms with Crippen LogP contribution in [-0.2, 0) is 42.5 Å². The van der Waals surface area contributed by atoms with Crippen LogP contribution >= 0.6 is 23.4 Å². The lowest BCUT2D eigenvalue weighted by atomic mass is 9.73. The number of carbonyl (C=O) groups excluding carboxylic acids is 4. The molecule has 11 rings (SSSR count). The molecule has 0 saturated carbocycles. The van der Waals surface area contributed by atoms with Gasteiger partial charge in [-0.2, -0.15) is 13.2 Å². The summed E-state index contributed by atoms with van der Waals surface area (Å²) < 4.78 is 117. The van der Waals surface area contributed by atoms with Gasteiger partial charge in [0.1, 0.15) is 16.8 Å². The van der Waals surface area contributed by atoms with E-state index in [4.69, 9.17) is 11.6 Å². The molecule has 462 valence electrons. The average Bonchev–Trinajstić information content (AvgIpc) is 1.97. The number of carbonyl (C=O) groups is 4. The van der Waals surface area contributed by atoms with E-state index in [2.05, 4.69) is 56.2 Å². The standard InChI is InChI=1S/C63H69ClF4N8O8S3/c1-62(2)26-24-51(40-8-13-44(64)14-9-40)43(33-62)35-72-28-30-74(31-29-72)46-15-10-41(11-16-46)59(78)71-87(83,84)50-19-21-54(56(32-50)86(81,82)63(66,67)68)69-45(39-85-49-6-4-3-5-7-49)25-27-75-47-17-18-48(75)37-73(36-47)34-42-12-20-52-53(58(42)65)38-76(61(52)80)55-22-23-57(77)70-60(55)79/h3-16,19-21,32,45,47-48,55,69H,17-18,22-31,33-39H2,1-2H3,(H,71,78)(H,70,77,79)/t45-,47?,48?,55?/m1/s1. The number of halogens is 5. The summed E-state index contributed by atoms with van der Waals surface area (Å²) in [6, 6.07) is 27.8. The maximum atomic E-state index is 16.3. The Labute approximate surface area is 514 Å². The van der Waals surface area contributed by atoms with Crippen LogP contribution in [0.15, 0.2) is 129 Å². The van der Waals surface area contributed by atoms with Gasteiger partial charge in [0, 0.05) is 127 Å². The first kappa shape index (κ1) is 62.3. The minimum Gasteiger partial charge on any atom is -0.380 e. The van der Waals surface area contributed by atoms with Crippen molar-refractivity contribution in [2.45, 2.75) is 123 Å². The predicted octanol–water partition coefficient (Wildman–Crippen LogP) is 9.75. The molecule has 4 saturated heterocycles. The molecule has 4 fully saturated rings. The van der Waals surface area contributed by atoms with Crippen molar-refractivity contribution >= 4 is 83.8 Å². The molecule has 0 radical (unpaired) electrons. The number of likely N-dealkylation sites (tertiary alicyclic amines) is 1. The fraction of sp³-hybridized carbons (Fsp3) is 0.429. The van der Waals surface area contributed by atoms with Crippen LogP contribution in [0.3, 0.4) is 0 Å². The van der Waals surface area contributed by atoms with Crippen molar-refractivity contribution in [3.05, 3.63) is 153 Å². The van der Waals surface area contributed by atoms with E-state index in [0.717, 1.165) is 74.5 Å². The maximum Gasteiger partial charge on any atom is 0.501 e. The highest BCUT2D eigenvalue weighted by molar-refractivity contribution is 7.99. The second-order valence-electron chi connectivity index (χ2n) is 24.3. The van der Waals surface area contributed by atoms with E-state index in [0.29, 0.717) is 55.8 Å². The van der Waals surface area contributed by atoms with Gasteiger partial charge < -0.3 is 15.1 Å². The van der Waals surface area contributed by atoms with Gasteiger partial charge in [-0.15, -0.1) is 11.8 Å². The SMILES string of the molecule is CC1(C)CCC(c2ccc(Cl)cc2)=C(CN2CCN(c3ccc(C(=O)NS(=O)(=O)c4ccc(N[C@H](CCN5C6CCC5CN(Cc5ccc7c(c5F)CN(C5CCC(=O)NC5=O)C7=O)C6)CSc5ccccc5)c(S(=O)(=O)C(F)(F)F)c4)cc3)CC2)C1. The van der Waals surface area contributed by atoms with Gasteiger partial charge in [-0.25, -0.2) is 25.9 Å². The van der Waals surface area contributed by atoms with Crippen molar-refractivity contribution in [3.63, 3.8) is 0 Å². The van der Waals surface area contributed by atoms with Gasteiger partial charge >= 0.3 is 5.51 Å². The number of sulfone groups is 1. The maximum absolute atomic E-state index is 16.3. The van der Waals surface area contributed by atoms with E-state index in [9.17, 15) is 49.2 Å². The molecule has 5 aliphatic heterocycles. The van der Waals surface area contributed by atoms with Crippen molar-refractivity contribution in [3.8, 4) is 0 Å². The molecule has 0 aromatic heterocycles. The van der Waals surface area contributed by atoms with Crippen molar-refractivity contribution < 1.29 is 53.6 Å². The highest BCUT2D eigenvalue weighted by atomic mass is 35.5. The fourth-order valence-corrected chi connectivity index (χ4v) is 16.4. The van der Waals surface area contributed by atoms with Gasteiger partial charge in [-0.05, 0) is 134 Å². The number of piperidine rings is 1. The number of piperazine rings is 2. The van der Waals surface area contributed by atoms with Crippen molar-refractivity contribution in [1.82, 2.24) is 29.6 Å². The van der Waals surface area contributed by atoms with Gasteiger partial charge in [0.05, 0.1) is 17.1 Å². The minimum atomic E-state index is -6.18. The Morgan fingerprint density at radius 1 is 0.828 bits per heavy atom. The van der Waals surface area contributed by atoms with Gasteiger partial charge in [-0.3, -0.25) is 39.2 Å². The second kappa shape index (κ2) is 25.3. The first-order valence-electron chi connectivity index (χ1n) is 29.3. The number of anilines is 2. The van der Waals surface area contributed by atoms with E-state index < -0.39 is 82.4 Å². The Balaban J connectivity index is 0.739. The Hall–Kier alpha value is -6.34. The first-order valence-corrected chi connectivity index (χ1v) is 33.7. The molecular formula is C63H69ClF4N8O8S3. The van der Waals surface area contributed by atoms with E-state index >= 15 is 4.39 Å². The average molecular weight is 1270 g/mol. The number of thioether (sulfide) groups is 1. The van der Waals surface area contributed by atoms with Crippen LogP contribution in [0.4, 0.5) is 28.9 Å². The van der Waals surface area contributed by atoms with Crippen molar-refractivity contribution in [2.24, 2.45) is 5.41 Å². The van der Waals surface area contributed by atoms with Crippen LogP contribution in [0.1, 0.15) is 103 Å². The summed E-state index contributed by atoms with van der Waals surface area (Å²) in [5.41, 5.74) is -0.506. The quantitative estimate of drug-likeness (QED) is 0.0403. The third-order valence-corrected chi connectivity index (χ3v) is 22.1. The summed E-state index contributed by atoms with van der Waals surface area (Å²) in [6.07, 6.45) is 5.32. The van der Waals surface area contributed by atoms with E-state index in [-0.39, 0.29) is 65.9 Å². The molecular weight excluding hydrogens is 1200 g/mol. The molecule has 4 amide bonds. The van der Waals surface area contributed by atoms with E-state index in [1.54, 1.807) is 24.3 Å². The highest BCUT2D eigenvalue weighted by Gasteiger charge is 2.49. The van der Waals surface area contributed by atoms with Gasteiger partial charge in [0.2, 0.25) is 11.8 Å². The molecule has 4 atom stereocenters. The van der Waals surface area contributed by atoms with Crippen LogP contribution < -0.4 is 20.3 Å². The zero-order valence-corrected chi connectivity index (χ0v) is 51.5. The molecule has 16 nitrogen and oxygen atoms in total. The fourth-order valence-electron chi connectivity index (χ4n) is 13.2. The Kier molecular flexibility index (Phi) is 18.1.